The average molecular weight is 373 g/mol. The second-order valence-electron chi connectivity index (χ2n) is 5.47. The lowest BCUT2D eigenvalue weighted by molar-refractivity contribution is -0.137. The van der Waals surface area contributed by atoms with E-state index in [1.165, 1.54) is 12.1 Å². The molecule has 0 aliphatic carbocycles. The number of alkyl halides is 3. The Morgan fingerprint density at radius 1 is 0.962 bits per heavy atom. The molecule has 0 radical (unpaired) electrons. The molecule has 3 aromatic rings. The molecule has 3 nitrogen and oxygen atoms in total. The summed E-state index contributed by atoms with van der Waals surface area (Å²) in [5.74, 6) is 0. The number of nitrogens with zero attached hydrogens (tertiary/aromatic N) is 1. The molecule has 0 saturated carbocycles. The Balaban J connectivity index is 1.66. The lowest BCUT2D eigenvalue weighted by Crippen LogP contribution is -2.24. The lowest BCUT2D eigenvalue weighted by atomic mass is 10.1. The summed E-state index contributed by atoms with van der Waals surface area (Å²) in [5, 5.41) is 8.96. The van der Waals surface area contributed by atoms with Crippen LogP contribution in [0.5, 0.6) is 0 Å². The van der Waals surface area contributed by atoms with Crippen LogP contribution in [-0.4, -0.2) is 11.3 Å². The van der Waals surface area contributed by atoms with Crippen molar-refractivity contribution in [2.75, 3.05) is 5.32 Å². The summed E-state index contributed by atoms with van der Waals surface area (Å²) in [6.07, 6.45) is -2.79. The van der Waals surface area contributed by atoms with Gasteiger partial charge in [-0.25, -0.2) is 0 Å². The normalized spacial score (nSPS) is 11.7. The summed E-state index contributed by atoms with van der Waals surface area (Å²) in [6.45, 7) is 0. The molecule has 0 bridgehead atoms. The summed E-state index contributed by atoms with van der Waals surface area (Å²) in [6, 6.07) is 18.5. The van der Waals surface area contributed by atoms with Gasteiger partial charge in [0.2, 0.25) is 0 Å². The maximum absolute atomic E-state index is 12.7. The average Bonchev–Trinajstić information content (AvgIpc) is 2.61. The van der Waals surface area contributed by atoms with Crippen LogP contribution in [0, 0.1) is 0 Å². The van der Waals surface area contributed by atoms with Gasteiger partial charge in [-0.15, -0.1) is 0 Å². The number of hydrazone groups is 1. The molecule has 132 valence electrons. The van der Waals surface area contributed by atoms with Crippen LogP contribution in [0.15, 0.2) is 71.8 Å². The van der Waals surface area contributed by atoms with Gasteiger partial charge in [0, 0.05) is 11.3 Å². The van der Waals surface area contributed by atoms with Crippen molar-refractivity contribution in [3.63, 3.8) is 0 Å². The van der Waals surface area contributed by atoms with Gasteiger partial charge in [-0.2, -0.15) is 18.3 Å². The molecule has 3 aromatic carbocycles. The van der Waals surface area contributed by atoms with E-state index >= 15 is 0 Å². The second kappa shape index (κ2) is 7.53. The van der Waals surface area contributed by atoms with Crippen LogP contribution >= 0.6 is 12.2 Å². The van der Waals surface area contributed by atoms with Crippen molar-refractivity contribution in [1.29, 1.82) is 0 Å². The molecule has 0 atom stereocenters. The highest BCUT2D eigenvalue weighted by atomic mass is 32.1. The second-order valence-corrected chi connectivity index (χ2v) is 5.88. The highest BCUT2D eigenvalue weighted by Gasteiger charge is 2.30. The fourth-order valence-corrected chi connectivity index (χ4v) is 2.63. The summed E-state index contributed by atoms with van der Waals surface area (Å²) in [7, 11) is 0. The highest BCUT2D eigenvalue weighted by molar-refractivity contribution is 7.80. The van der Waals surface area contributed by atoms with E-state index in [1.54, 1.807) is 6.21 Å². The summed E-state index contributed by atoms with van der Waals surface area (Å²) < 4.78 is 38.2. The maximum Gasteiger partial charge on any atom is 0.416 e. The number of anilines is 1. The van der Waals surface area contributed by atoms with Gasteiger partial charge in [-0.05, 0) is 41.2 Å². The molecule has 0 unspecified atom stereocenters. The Bertz CT molecular complexity index is 962. The maximum atomic E-state index is 12.7. The highest BCUT2D eigenvalue weighted by Crippen LogP contribution is 2.30. The van der Waals surface area contributed by atoms with Gasteiger partial charge in [0.15, 0.2) is 5.11 Å². The fraction of sp³-hybridized carbons (Fsp3) is 0.0526. The van der Waals surface area contributed by atoms with Gasteiger partial charge < -0.3 is 5.32 Å². The predicted octanol–water partition coefficient (Wildman–Crippen LogP) is 5.18. The molecular weight excluding hydrogens is 359 g/mol. The minimum absolute atomic E-state index is 0.0980. The van der Waals surface area contributed by atoms with Crippen molar-refractivity contribution < 1.29 is 13.2 Å². The van der Waals surface area contributed by atoms with E-state index in [0.29, 0.717) is 0 Å². The van der Waals surface area contributed by atoms with Crippen molar-refractivity contribution in [2.45, 2.75) is 6.18 Å². The zero-order valence-corrected chi connectivity index (χ0v) is 14.2. The van der Waals surface area contributed by atoms with E-state index in [1.807, 2.05) is 42.5 Å². The topological polar surface area (TPSA) is 36.4 Å². The molecule has 0 aliphatic heterocycles. The molecule has 0 saturated heterocycles. The third kappa shape index (κ3) is 4.37. The van der Waals surface area contributed by atoms with Gasteiger partial charge in [0.25, 0.3) is 0 Å². The van der Waals surface area contributed by atoms with E-state index in [4.69, 9.17) is 12.2 Å². The largest absolute Gasteiger partial charge is 0.416 e. The number of rotatable bonds is 3. The smallest absolute Gasteiger partial charge is 0.331 e. The van der Waals surface area contributed by atoms with Crippen molar-refractivity contribution >= 4 is 40.0 Å². The lowest BCUT2D eigenvalue weighted by Gasteiger charge is -2.10. The van der Waals surface area contributed by atoms with Crippen molar-refractivity contribution in [1.82, 2.24) is 5.43 Å². The fourth-order valence-electron chi connectivity index (χ4n) is 2.46. The van der Waals surface area contributed by atoms with Crippen LogP contribution < -0.4 is 10.7 Å². The van der Waals surface area contributed by atoms with Crippen LogP contribution in [0.4, 0.5) is 18.9 Å². The van der Waals surface area contributed by atoms with Gasteiger partial charge in [0.05, 0.1) is 11.8 Å². The Hall–Kier alpha value is -2.93. The zero-order valence-electron chi connectivity index (χ0n) is 13.4. The van der Waals surface area contributed by atoms with Crippen molar-refractivity contribution in [3.05, 3.63) is 77.9 Å². The first-order valence-corrected chi connectivity index (χ1v) is 8.09. The van der Waals surface area contributed by atoms with Crippen LogP contribution in [0.2, 0.25) is 0 Å². The summed E-state index contributed by atoms with van der Waals surface area (Å²) >= 11 is 5.07. The summed E-state index contributed by atoms with van der Waals surface area (Å²) in [4.78, 5) is 0. The Labute approximate surface area is 153 Å². The first kappa shape index (κ1) is 17.9. The number of hydrogen-bond acceptors (Lipinski definition) is 2. The quantitative estimate of drug-likeness (QED) is 0.377. The Morgan fingerprint density at radius 2 is 1.69 bits per heavy atom. The molecule has 0 aliphatic rings. The van der Waals surface area contributed by atoms with E-state index in [2.05, 4.69) is 15.8 Å². The van der Waals surface area contributed by atoms with Gasteiger partial charge in [-0.3, -0.25) is 5.43 Å². The van der Waals surface area contributed by atoms with Crippen LogP contribution in [0.25, 0.3) is 10.8 Å². The molecule has 0 fully saturated rings. The predicted molar refractivity (Wildman–Crippen MR) is 102 cm³/mol. The first-order valence-electron chi connectivity index (χ1n) is 7.68. The standard InChI is InChI=1S/C19H14F3N3S/c20-19(21,22)15-8-4-9-16(11-15)24-18(26)25-23-12-14-7-3-6-13-5-1-2-10-17(13)14/h1-12H,(H2,24,25,26)/b23-12+. The number of benzene rings is 3. The number of halogens is 3. The molecule has 2 N–H and O–H groups in total. The minimum atomic E-state index is -4.40. The zero-order chi connectivity index (χ0) is 18.6. The van der Waals surface area contributed by atoms with Crippen LogP contribution in [-0.2, 0) is 6.18 Å². The molecular formula is C19H14F3N3S. The van der Waals surface area contributed by atoms with Crippen molar-refractivity contribution in [2.24, 2.45) is 5.10 Å². The third-order valence-electron chi connectivity index (χ3n) is 3.64. The van der Waals surface area contributed by atoms with E-state index in [-0.39, 0.29) is 10.8 Å². The van der Waals surface area contributed by atoms with Crippen molar-refractivity contribution in [3.8, 4) is 0 Å². The molecule has 3 rings (SSSR count). The van der Waals surface area contributed by atoms with Crippen LogP contribution in [0.1, 0.15) is 11.1 Å². The number of hydrogen-bond donors (Lipinski definition) is 2. The molecule has 0 aromatic heterocycles. The van der Waals surface area contributed by atoms with E-state index in [0.717, 1.165) is 28.5 Å². The van der Waals surface area contributed by atoms with Gasteiger partial charge in [0.1, 0.15) is 0 Å². The molecule has 26 heavy (non-hydrogen) atoms. The van der Waals surface area contributed by atoms with Gasteiger partial charge in [-0.1, -0.05) is 48.5 Å². The molecule has 0 heterocycles. The number of fused-ring (bicyclic) bond motifs is 1. The number of nitrogens with one attached hydrogen (secondary N) is 2. The monoisotopic (exact) mass is 373 g/mol. The third-order valence-corrected chi connectivity index (χ3v) is 3.83. The molecule has 0 amide bonds. The molecule has 7 heteroatoms. The van der Waals surface area contributed by atoms with Crippen LogP contribution in [0.3, 0.4) is 0 Å². The number of thiocarbonyl (C=S) groups is 1. The first-order chi connectivity index (χ1) is 12.4. The van der Waals surface area contributed by atoms with Gasteiger partial charge >= 0.3 is 6.18 Å². The van der Waals surface area contributed by atoms with E-state index in [9.17, 15) is 13.2 Å². The minimum Gasteiger partial charge on any atom is -0.331 e. The van der Waals surface area contributed by atoms with E-state index < -0.39 is 11.7 Å². The summed E-state index contributed by atoms with van der Waals surface area (Å²) in [5.41, 5.74) is 3.00. The SMILES string of the molecule is FC(F)(F)c1cccc(NC(=S)N/N=C/c2cccc3ccccc23)c1. The Morgan fingerprint density at radius 3 is 2.50 bits per heavy atom. The Kier molecular flexibility index (Phi) is 5.18. The molecule has 0 spiro atoms.